The van der Waals surface area contributed by atoms with E-state index in [0.717, 1.165) is 24.3 Å². The molecule has 0 radical (unpaired) electrons. The number of nitro benzene ring substituents is 4. The molecule has 29 heavy (non-hydrogen) atoms. The van der Waals surface area contributed by atoms with Gasteiger partial charge in [0, 0.05) is 24.7 Å². The lowest BCUT2D eigenvalue weighted by Gasteiger charge is -2.16. The molecule has 0 aliphatic carbocycles. The highest BCUT2D eigenvalue weighted by atomic mass is 16.6. The molecule has 1 atom stereocenters. The summed E-state index contributed by atoms with van der Waals surface area (Å²) in [5.74, 6) is 0. The Morgan fingerprint density at radius 3 is 1.66 bits per heavy atom. The summed E-state index contributed by atoms with van der Waals surface area (Å²) < 4.78 is 0. The van der Waals surface area contributed by atoms with Crippen molar-refractivity contribution in [2.45, 2.75) is 13.0 Å². The van der Waals surface area contributed by atoms with Gasteiger partial charge in [-0.2, -0.15) is 0 Å². The predicted molar refractivity (Wildman–Crippen MR) is 101 cm³/mol. The first kappa shape index (κ1) is 20.9. The molecular weight excluding hydrogens is 392 g/mol. The van der Waals surface area contributed by atoms with E-state index in [2.05, 4.69) is 10.6 Å². The molecule has 0 aromatic heterocycles. The molecule has 14 nitrogen and oxygen atoms in total. The van der Waals surface area contributed by atoms with Gasteiger partial charge in [0.1, 0.15) is 11.4 Å². The van der Waals surface area contributed by atoms with E-state index < -0.39 is 48.5 Å². The molecule has 0 unspecified atom stereocenters. The molecule has 0 saturated heterocycles. The van der Waals surface area contributed by atoms with Gasteiger partial charge in [-0.1, -0.05) is 0 Å². The molecule has 0 aliphatic heterocycles. The monoisotopic (exact) mass is 406 g/mol. The second-order valence-electron chi connectivity index (χ2n) is 5.86. The molecule has 152 valence electrons. The van der Waals surface area contributed by atoms with E-state index in [-0.39, 0.29) is 17.9 Å². The molecule has 0 aliphatic rings. The van der Waals surface area contributed by atoms with Crippen molar-refractivity contribution in [1.82, 2.24) is 0 Å². The second-order valence-corrected chi connectivity index (χ2v) is 5.86. The third-order valence-corrected chi connectivity index (χ3v) is 3.78. The van der Waals surface area contributed by atoms with Crippen LogP contribution in [0.1, 0.15) is 6.92 Å². The smallest absolute Gasteiger partial charge is 0.299 e. The molecule has 2 aromatic carbocycles. The van der Waals surface area contributed by atoms with Crippen molar-refractivity contribution in [3.8, 4) is 0 Å². The topological polar surface area (TPSA) is 197 Å². The van der Waals surface area contributed by atoms with Gasteiger partial charge in [0.15, 0.2) is 0 Å². The van der Waals surface area contributed by atoms with Crippen LogP contribution in [0.25, 0.3) is 0 Å². The van der Waals surface area contributed by atoms with Gasteiger partial charge in [-0.25, -0.2) is 0 Å². The fourth-order valence-corrected chi connectivity index (χ4v) is 2.42. The molecule has 0 amide bonds. The Bertz CT molecular complexity index is 995. The van der Waals surface area contributed by atoms with Crippen molar-refractivity contribution in [3.63, 3.8) is 0 Å². The zero-order chi connectivity index (χ0) is 21.7. The summed E-state index contributed by atoms with van der Waals surface area (Å²) in [6.07, 6.45) is 0. The van der Waals surface area contributed by atoms with Crippen LogP contribution in [0.5, 0.6) is 0 Å². The number of hydrogen-bond acceptors (Lipinski definition) is 10. The van der Waals surface area contributed by atoms with Crippen molar-refractivity contribution in [2.24, 2.45) is 0 Å². The average Bonchev–Trinajstić information content (AvgIpc) is 2.65. The van der Waals surface area contributed by atoms with E-state index in [1.807, 2.05) is 0 Å². The van der Waals surface area contributed by atoms with Gasteiger partial charge in [-0.15, -0.1) is 0 Å². The Labute approximate surface area is 161 Å². The van der Waals surface area contributed by atoms with Gasteiger partial charge in [-0.3, -0.25) is 40.5 Å². The molecule has 0 fully saturated rings. The predicted octanol–water partition coefficient (Wildman–Crippen LogP) is 3.23. The summed E-state index contributed by atoms with van der Waals surface area (Å²) in [5, 5.41) is 49.4. The lowest BCUT2D eigenvalue weighted by molar-refractivity contribution is -0.393. The first-order chi connectivity index (χ1) is 13.6. The SMILES string of the molecule is C[C@@H](CNc1ccc([N+](=O)[O-])cc1[N+](=O)[O-])Nc1ccc([N+](=O)[O-])cc1[N+](=O)[O-]. The van der Waals surface area contributed by atoms with E-state index in [9.17, 15) is 40.5 Å². The van der Waals surface area contributed by atoms with Gasteiger partial charge < -0.3 is 10.6 Å². The number of anilines is 2. The van der Waals surface area contributed by atoms with Crippen LogP contribution < -0.4 is 10.6 Å². The van der Waals surface area contributed by atoms with Crippen LogP contribution in [0.3, 0.4) is 0 Å². The van der Waals surface area contributed by atoms with Crippen LogP contribution in [-0.2, 0) is 0 Å². The van der Waals surface area contributed by atoms with Crippen LogP contribution in [0.15, 0.2) is 36.4 Å². The maximum absolute atomic E-state index is 11.2. The Morgan fingerprint density at radius 1 is 0.759 bits per heavy atom. The van der Waals surface area contributed by atoms with Gasteiger partial charge in [-0.05, 0) is 19.1 Å². The lowest BCUT2D eigenvalue weighted by Crippen LogP contribution is -2.25. The van der Waals surface area contributed by atoms with Crippen molar-refractivity contribution in [3.05, 3.63) is 76.9 Å². The molecular formula is C15H14N6O8. The summed E-state index contributed by atoms with van der Waals surface area (Å²) >= 11 is 0. The third-order valence-electron chi connectivity index (χ3n) is 3.78. The lowest BCUT2D eigenvalue weighted by atomic mass is 10.2. The van der Waals surface area contributed by atoms with Crippen LogP contribution >= 0.6 is 0 Å². The number of nitrogens with one attached hydrogen (secondary N) is 2. The number of nitro groups is 4. The first-order valence-electron chi connectivity index (χ1n) is 7.96. The molecule has 2 rings (SSSR count). The van der Waals surface area contributed by atoms with E-state index >= 15 is 0 Å². The summed E-state index contributed by atoms with van der Waals surface area (Å²) in [5.41, 5.74) is -1.79. The van der Waals surface area contributed by atoms with Crippen LogP contribution in [0.4, 0.5) is 34.1 Å². The van der Waals surface area contributed by atoms with E-state index in [4.69, 9.17) is 0 Å². The molecule has 0 bridgehead atoms. The van der Waals surface area contributed by atoms with Crippen molar-refractivity contribution in [2.75, 3.05) is 17.2 Å². The fraction of sp³-hybridized carbons (Fsp3) is 0.200. The number of rotatable bonds is 9. The van der Waals surface area contributed by atoms with Gasteiger partial charge in [0.2, 0.25) is 0 Å². The van der Waals surface area contributed by atoms with Crippen LogP contribution in [0, 0.1) is 40.5 Å². The van der Waals surface area contributed by atoms with Crippen LogP contribution in [0.2, 0.25) is 0 Å². The van der Waals surface area contributed by atoms with Gasteiger partial charge in [0.05, 0.1) is 31.8 Å². The zero-order valence-corrected chi connectivity index (χ0v) is 14.8. The molecule has 2 N–H and O–H groups in total. The Balaban J connectivity index is 2.15. The normalized spacial score (nSPS) is 11.3. The van der Waals surface area contributed by atoms with Crippen molar-refractivity contribution >= 4 is 34.1 Å². The van der Waals surface area contributed by atoms with E-state index in [0.29, 0.717) is 0 Å². The quantitative estimate of drug-likeness (QED) is 0.460. The fourth-order valence-electron chi connectivity index (χ4n) is 2.42. The Hall–Kier alpha value is -4.36. The van der Waals surface area contributed by atoms with E-state index in [1.165, 1.54) is 12.1 Å². The number of benzene rings is 2. The number of non-ortho nitro benzene ring substituents is 2. The second kappa shape index (κ2) is 8.55. The Morgan fingerprint density at radius 2 is 1.21 bits per heavy atom. The zero-order valence-electron chi connectivity index (χ0n) is 14.8. The first-order valence-corrected chi connectivity index (χ1v) is 7.96. The number of nitrogens with zero attached hydrogens (tertiary/aromatic N) is 4. The highest BCUT2D eigenvalue weighted by Crippen LogP contribution is 2.31. The van der Waals surface area contributed by atoms with Crippen molar-refractivity contribution in [1.29, 1.82) is 0 Å². The molecule has 0 spiro atoms. The summed E-state index contributed by atoms with van der Waals surface area (Å²) in [6.45, 7) is 1.68. The van der Waals surface area contributed by atoms with E-state index in [1.54, 1.807) is 6.92 Å². The van der Waals surface area contributed by atoms with Crippen LogP contribution in [-0.4, -0.2) is 32.3 Å². The number of hydrogen-bond donors (Lipinski definition) is 2. The summed E-state index contributed by atoms with van der Waals surface area (Å²) in [4.78, 5) is 40.8. The van der Waals surface area contributed by atoms with Gasteiger partial charge >= 0.3 is 0 Å². The Kier molecular flexibility index (Phi) is 6.18. The summed E-state index contributed by atoms with van der Waals surface area (Å²) in [6, 6.07) is 5.75. The highest BCUT2D eigenvalue weighted by Gasteiger charge is 2.22. The molecule has 14 heteroatoms. The third kappa shape index (κ3) is 5.09. The summed E-state index contributed by atoms with van der Waals surface area (Å²) in [7, 11) is 0. The average molecular weight is 406 g/mol. The molecule has 0 heterocycles. The minimum absolute atomic E-state index is 0.0347. The standard InChI is InChI=1S/C15H14N6O8/c1-9(17-13-5-3-11(19(24)25)7-15(13)21(28)29)8-16-12-4-2-10(18(22)23)6-14(12)20(26)27/h2-7,9,16-17H,8H2,1H3/t9-/m0/s1. The highest BCUT2D eigenvalue weighted by molar-refractivity contribution is 5.67. The largest absolute Gasteiger partial charge is 0.377 e. The van der Waals surface area contributed by atoms with Gasteiger partial charge in [0.25, 0.3) is 22.7 Å². The minimum atomic E-state index is -0.769. The van der Waals surface area contributed by atoms with Crippen molar-refractivity contribution < 1.29 is 19.7 Å². The molecule has 2 aromatic rings. The maximum Gasteiger partial charge on any atom is 0.299 e. The molecule has 0 saturated carbocycles. The minimum Gasteiger partial charge on any atom is -0.377 e. The maximum atomic E-state index is 11.2.